The number of hydrogen-bond acceptors (Lipinski definition) is 21. The highest BCUT2D eigenvalue weighted by Crippen LogP contribution is 2.28. The van der Waals surface area contributed by atoms with Crippen LogP contribution in [0.15, 0.2) is 134 Å². The van der Waals surface area contributed by atoms with Gasteiger partial charge in [0.15, 0.2) is 17.5 Å². The van der Waals surface area contributed by atoms with Crippen molar-refractivity contribution in [1.82, 2.24) is 92.7 Å². The van der Waals surface area contributed by atoms with Crippen LogP contribution in [-0.4, -0.2) is 283 Å². The van der Waals surface area contributed by atoms with E-state index in [1.807, 2.05) is 30.3 Å². The van der Waals surface area contributed by atoms with E-state index >= 15 is 19.2 Å². The number of aliphatic hydroxyl groups is 1. The number of aryl methyl sites for hydroxylation is 1. The number of H-pyrrole nitrogens is 3. The van der Waals surface area contributed by atoms with Gasteiger partial charge in [-0.25, -0.2) is 4.98 Å². The molecular weight excluding hydrogens is 1730 g/mol. The van der Waals surface area contributed by atoms with Crippen molar-refractivity contribution in [2.75, 3.05) is 65.4 Å². The number of para-hydroxylation sites is 2. The van der Waals surface area contributed by atoms with Crippen molar-refractivity contribution >= 4 is 140 Å². The molecule has 2 fully saturated rings. The SMILES string of the molecule is CC(C)C[C@@H]1NC(=O)[C@H](Cc2cnc[nH]2)NC(=O)[C@@H]2CCCN2C(=O)[C@H](CC(N)=O)NC(=O)[C@H](C)N(C)C(=O)[C@H](Cc2ccccc2)NC(=O)CSCC(C(=O)NCC(N)=O)NC(=O)[C@H](CCCNC(=N)N)NC(=O)[C@H](C)N(C)C(=O)[C@H](CCCc2ccccc2)CC(=O)[C@H](Cc2c[nH]c3ccccc23)NC(=O)[C@H](CO)NC(=O)[C@H](Cc2c[nH]c3ccccc23)CC(=O)CN(C)C1=O. The summed E-state index contributed by atoms with van der Waals surface area (Å²) in [6.45, 7) is 3.78. The van der Waals surface area contributed by atoms with Gasteiger partial charge in [-0.05, 0) is 112 Å². The number of amides is 15. The quantitative estimate of drug-likeness (QED) is 0.0203. The molecule has 133 heavy (non-hydrogen) atoms. The van der Waals surface area contributed by atoms with E-state index < -0.39 is 235 Å². The molecule has 714 valence electrons. The number of likely N-dealkylation sites (N-methyl/N-ethyl adjacent to an activating group) is 3. The normalized spacial score (nSPS) is 23.4. The summed E-state index contributed by atoms with van der Waals surface area (Å²) in [7, 11) is 3.90. The fourth-order valence-electron chi connectivity index (χ4n) is 16.1. The van der Waals surface area contributed by atoms with Gasteiger partial charge >= 0.3 is 0 Å². The predicted molar refractivity (Wildman–Crippen MR) is 493 cm³/mol. The number of thioether (sulfide) groups is 1. The number of aliphatic hydroxyl groups excluding tert-OH is 1. The first-order valence-corrected chi connectivity index (χ1v) is 45.4. The third kappa shape index (κ3) is 30.4. The molecule has 2 aliphatic heterocycles. The Balaban J connectivity index is 1.07. The molecule has 0 aliphatic carbocycles. The lowest BCUT2D eigenvalue weighted by atomic mass is 9.89. The summed E-state index contributed by atoms with van der Waals surface area (Å²) >= 11 is 0.791. The fourth-order valence-corrected chi connectivity index (χ4v) is 17.0. The molecular formula is C92H122N22O18S. The van der Waals surface area contributed by atoms with Crippen molar-refractivity contribution in [3.05, 3.63) is 162 Å². The van der Waals surface area contributed by atoms with Crippen molar-refractivity contribution in [3.8, 4) is 0 Å². The summed E-state index contributed by atoms with van der Waals surface area (Å²) in [6.07, 6.45) is 4.23. The molecule has 40 nitrogen and oxygen atoms in total. The minimum absolute atomic E-state index is 0.000508. The second kappa shape index (κ2) is 50.0. The molecule has 2 aliphatic rings. The number of aromatic nitrogens is 4. The Hall–Kier alpha value is -13.9. The number of nitrogens with two attached hydrogens (primary N) is 3. The number of guanidine groups is 1. The number of fused-ring (bicyclic) bond motifs is 3. The van der Waals surface area contributed by atoms with Crippen LogP contribution in [0.2, 0.25) is 0 Å². The maximum Gasteiger partial charge on any atom is 0.246 e. The largest absolute Gasteiger partial charge is 0.394 e. The van der Waals surface area contributed by atoms with Gasteiger partial charge in [-0.3, -0.25) is 86.9 Å². The van der Waals surface area contributed by atoms with E-state index in [0.717, 1.165) is 36.9 Å². The maximum atomic E-state index is 15.5. The van der Waals surface area contributed by atoms with E-state index in [0.29, 0.717) is 57.0 Å². The summed E-state index contributed by atoms with van der Waals surface area (Å²) in [4.78, 5) is 265. The van der Waals surface area contributed by atoms with Gasteiger partial charge in [0.1, 0.15) is 60.4 Å². The number of ketones is 2. The Bertz CT molecular complexity index is 5280. The Morgan fingerprint density at radius 1 is 0.549 bits per heavy atom. The van der Waals surface area contributed by atoms with Crippen molar-refractivity contribution in [2.24, 2.45) is 35.0 Å². The Kier molecular flexibility index (Phi) is 38.6. The number of nitrogens with one attached hydrogen (secondary N) is 14. The van der Waals surface area contributed by atoms with Crippen LogP contribution in [0.25, 0.3) is 21.8 Å². The lowest BCUT2D eigenvalue weighted by Crippen LogP contribution is -2.60. The van der Waals surface area contributed by atoms with Gasteiger partial charge in [-0.1, -0.05) is 111 Å². The predicted octanol–water partition coefficient (Wildman–Crippen LogP) is -0.636. The third-order valence-electron chi connectivity index (χ3n) is 23.6. The molecule has 15 amide bonds. The monoisotopic (exact) mass is 1850 g/mol. The first-order valence-electron chi connectivity index (χ1n) is 44.3. The van der Waals surface area contributed by atoms with Crippen LogP contribution in [0.5, 0.6) is 0 Å². The van der Waals surface area contributed by atoms with Crippen LogP contribution < -0.4 is 70.4 Å². The summed E-state index contributed by atoms with van der Waals surface area (Å²) in [6, 6.07) is 15.4. The summed E-state index contributed by atoms with van der Waals surface area (Å²) in [5.41, 5.74) is 21.0. The van der Waals surface area contributed by atoms with Crippen LogP contribution in [0.4, 0.5) is 0 Å². The highest BCUT2D eigenvalue weighted by molar-refractivity contribution is 8.00. The molecule has 7 aromatic rings. The van der Waals surface area contributed by atoms with Crippen molar-refractivity contribution in [2.45, 2.75) is 190 Å². The summed E-state index contributed by atoms with van der Waals surface area (Å²) in [5.74, 6) is -19.1. The van der Waals surface area contributed by atoms with Gasteiger partial charge in [0.05, 0.1) is 44.2 Å². The topological polar surface area (TPSA) is 606 Å². The van der Waals surface area contributed by atoms with Gasteiger partial charge in [0.2, 0.25) is 88.6 Å². The lowest BCUT2D eigenvalue weighted by Gasteiger charge is -2.32. The molecule has 0 radical (unpaired) electrons. The zero-order valence-electron chi connectivity index (χ0n) is 75.6. The lowest BCUT2D eigenvalue weighted by molar-refractivity contribution is -0.145. The molecule has 0 spiro atoms. The minimum atomic E-state index is -1.80. The number of benzene rings is 4. The molecule has 2 saturated heterocycles. The number of imidazole rings is 1. The summed E-state index contributed by atoms with van der Waals surface area (Å²) in [5, 5.41) is 46.7. The molecule has 1 unspecified atom stereocenters. The van der Waals surface area contributed by atoms with Crippen LogP contribution in [0, 0.1) is 23.2 Å². The number of primary amides is 2. The van der Waals surface area contributed by atoms with E-state index in [-0.39, 0.29) is 83.2 Å². The second-order valence-corrected chi connectivity index (χ2v) is 35.2. The first kappa shape index (κ1) is 103. The molecule has 41 heteroatoms. The highest BCUT2D eigenvalue weighted by Gasteiger charge is 2.43. The molecule has 21 N–H and O–H groups in total. The van der Waals surface area contributed by atoms with E-state index in [4.69, 9.17) is 22.6 Å². The summed E-state index contributed by atoms with van der Waals surface area (Å²) < 4.78 is 0. The van der Waals surface area contributed by atoms with Crippen molar-refractivity contribution in [3.63, 3.8) is 0 Å². The molecule has 0 saturated carbocycles. The molecule has 4 aromatic carbocycles. The van der Waals surface area contributed by atoms with E-state index in [2.05, 4.69) is 73.1 Å². The maximum absolute atomic E-state index is 15.5. The van der Waals surface area contributed by atoms with E-state index in [1.165, 1.54) is 47.5 Å². The van der Waals surface area contributed by atoms with Crippen LogP contribution in [0.3, 0.4) is 0 Å². The van der Waals surface area contributed by atoms with E-state index in [1.54, 1.807) is 105 Å². The smallest absolute Gasteiger partial charge is 0.246 e. The number of Topliss-reactive ketones (excluding diaryl/α,β-unsaturated/α-hetero) is 2. The average molecular weight is 1860 g/mol. The van der Waals surface area contributed by atoms with Crippen LogP contribution >= 0.6 is 11.8 Å². The molecule has 0 bridgehead atoms. The number of rotatable bonds is 24. The fraction of sp³-hybridized carbons (Fsp3) is 0.467. The average Bonchev–Trinajstić information content (AvgIpc) is 1.78. The van der Waals surface area contributed by atoms with Crippen LogP contribution in [0.1, 0.15) is 120 Å². The number of hydrogen-bond donors (Lipinski definition) is 18. The first-order chi connectivity index (χ1) is 63.5. The number of aromatic amines is 3. The van der Waals surface area contributed by atoms with Crippen molar-refractivity contribution in [1.29, 1.82) is 5.41 Å². The highest BCUT2D eigenvalue weighted by atomic mass is 32.2. The second-order valence-electron chi connectivity index (χ2n) is 34.1. The molecule has 13 atom stereocenters. The standard InChI is InChI=1S/C92H122N22O18S/c1-52(2)35-70-89(130)111(5)47-62(116)38-58(37-59-43-99-65-29-16-14-27-63(59)65)82(123)109-73(48-115)86(127)105-68(39-60-44-100-66-30-17-15-28-64(60)66)76(117)40-57(26-18-25-55-21-10-8-11-22-55)88(129)112(6)53(3)80(121)104-67(31-19-33-98-92(95)96)84(125)110-74(83(124)101-46-78(94)119)49-133-50-79(120)103-71(36-56-23-12-9-13-24-56)90(131)113(7)54(4)81(122)107-72(42-77(93)118)91(132)114-34-20-32-75(114)87(128)106-69(85(126)108-70)41-61-45-97-51-102-61/h8-17,21-24,27-30,43-45,51-54,57-58,67-75,99-100,115H,18-20,25-26,31-42,46-50H2,1-7H3,(H2,93,118)(H2,94,119)(H,97,102)(H,101,124)(H,103,120)(H,104,121)(H,105,127)(H,106,128)(H,107,122)(H,108,126)(H,109,123)(H,110,125)(H4,95,96,98)/t53-,54-,57+,58+,67-,68-,69-,70-,71-,72-,73-,74?,75-/m0/s1. The third-order valence-corrected chi connectivity index (χ3v) is 24.6. The van der Waals surface area contributed by atoms with Gasteiger partial charge < -0.3 is 110 Å². The van der Waals surface area contributed by atoms with Gasteiger partial charge in [0, 0.05) is 130 Å². The van der Waals surface area contributed by atoms with Gasteiger partial charge in [-0.15, -0.1) is 11.8 Å². The molecule has 9 rings (SSSR count). The molecule has 3 aromatic heterocycles. The number of carbonyl (C=O) groups excluding carboxylic acids is 17. The van der Waals surface area contributed by atoms with Crippen LogP contribution in [-0.2, 0) is 114 Å². The van der Waals surface area contributed by atoms with Gasteiger partial charge in [-0.2, -0.15) is 0 Å². The van der Waals surface area contributed by atoms with E-state index in [9.17, 15) is 67.4 Å². The zero-order chi connectivity index (χ0) is 96.7. The Labute approximate surface area is 773 Å². The van der Waals surface area contributed by atoms with Crippen molar-refractivity contribution < 1.29 is 86.6 Å². The zero-order valence-corrected chi connectivity index (χ0v) is 76.4. The van der Waals surface area contributed by atoms with Gasteiger partial charge in [0.25, 0.3) is 0 Å². The Morgan fingerprint density at radius 2 is 1.12 bits per heavy atom. The number of nitrogens with zero attached hydrogens (tertiary/aromatic N) is 5. The molecule has 5 heterocycles. The minimum Gasteiger partial charge on any atom is -0.394 e. The Morgan fingerprint density at radius 3 is 1.73 bits per heavy atom. The number of carbonyl (C=O) groups is 17.